The number of benzene rings is 2. The number of rotatable bonds is 3. The van der Waals surface area contributed by atoms with E-state index >= 15 is 0 Å². The lowest BCUT2D eigenvalue weighted by Gasteiger charge is -2.11. The van der Waals surface area contributed by atoms with Crippen LogP contribution in [0.2, 0.25) is 5.02 Å². The van der Waals surface area contributed by atoms with Gasteiger partial charge in [-0.3, -0.25) is 0 Å². The van der Waals surface area contributed by atoms with Crippen LogP contribution >= 0.6 is 23.8 Å². The molecule has 0 radical (unpaired) electrons. The Morgan fingerprint density at radius 3 is 2.45 bits per heavy atom. The maximum atomic E-state index is 13.5. The van der Waals surface area contributed by atoms with E-state index in [4.69, 9.17) is 28.6 Å². The fourth-order valence-corrected chi connectivity index (χ4v) is 2.03. The van der Waals surface area contributed by atoms with Gasteiger partial charge in [0.25, 0.3) is 0 Å². The highest BCUT2D eigenvalue weighted by atomic mass is 35.5. The van der Waals surface area contributed by atoms with Gasteiger partial charge < -0.3 is 15.4 Å². The van der Waals surface area contributed by atoms with Crippen molar-refractivity contribution >= 4 is 40.3 Å². The lowest BCUT2D eigenvalue weighted by Crippen LogP contribution is -2.19. The Morgan fingerprint density at radius 2 is 1.85 bits per heavy atom. The molecule has 2 aromatic rings. The molecule has 0 bridgehead atoms. The zero-order chi connectivity index (χ0) is 14.5. The monoisotopic (exact) mass is 310 g/mol. The Labute approximate surface area is 126 Å². The van der Waals surface area contributed by atoms with Crippen molar-refractivity contribution in [3.05, 3.63) is 53.3 Å². The van der Waals surface area contributed by atoms with Crippen LogP contribution in [0.1, 0.15) is 0 Å². The molecule has 0 aliphatic carbocycles. The van der Waals surface area contributed by atoms with E-state index < -0.39 is 5.82 Å². The molecule has 2 rings (SSSR count). The maximum absolute atomic E-state index is 13.5. The quantitative estimate of drug-likeness (QED) is 0.828. The first-order chi connectivity index (χ1) is 9.58. The van der Waals surface area contributed by atoms with Crippen LogP contribution in [-0.4, -0.2) is 12.2 Å². The first-order valence-electron chi connectivity index (χ1n) is 5.75. The Bertz CT molecular complexity index is 636. The van der Waals surface area contributed by atoms with E-state index in [1.807, 2.05) is 6.07 Å². The Balaban J connectivity index is 2.03. The second-order valence-electron chi connectivity index (χ2n) is 3.94. The van der Waals surface area contributed by atoms with Crippen molar-refractivity contribution in [2.75, 3.05) is 17.7 Å². The summed E-state index contributed by atoms with van der Waals surface area (Å²) in [5.74, 6) is -0.271. The largest absolute Gasteiger partial charge is 0.494 e. The van der Waals surface area contributed by atoms with Crippen LogP contribution < -0.4 is 15.4 Å². The van der Waals surface area contributed by atoms with Crippen molar-refractivity contribution in [2.45, 2.75) is 0 Å². The zero-order valence-corrected chi connectivity index (χ0v) is 12.2. The molecular weight excluding hydrogens is 299 g/mol. The second kappa shape index (κ2) is 6.54. The summed E-state index contributed by atoms with van der Waals surface area (Å²) in [5, 5.41) is 6.79. The minimum absolute atomic E-state index is 0.185. The van der Waals surface area contributed by atoms with E-state index in [0.29, 0.717) is 15.8 Å². The fourth-order valence-electron chi connectivity index (χ4n) is 1.60. The number of hydrogen-bond acceptors (Lipinski definition) is 2. The molecule has 0 aliphatic heterocycles. The second-order valence-corrected chi connectivity index (χ2v) is 4.78. The molecule has 6 heteroatoms. The maximum Gasteiger partial charge on any atom is 0.175 e. The van der Waals surface area contributed by atoms with Crippen LogP contribution in [0.15, 0.2) is 42.5 Å². The molecule has 20 heavy (non-hydrogen) atoms. The van der Waals surface area contributed by atoms with E-state index in [0.717, 1.165) is 5.69 Å². The molecule has 104 valence electrons. The Morgan fingerprint density at radius 1 is 1.15 bits per heavy atom. The topological polar surface area (TPSA) is 33.3 Å². The molecule has 0 fully saturated rings. The van der Waals surface area contributed by atoms with Crippen LogP contribution in [0, 0.1) is 5.82 Å². The molecule has 0 aliphatic rings. The first kappa shape index (κ1) is 14.6. The predicted molar refractivity (Wildman–Crippen MR) is 84.2 cm³/mol. The zero-order valence-electron chi connectivity index (χ0n) is 10.6. The van der Waals surface area contributed by atoms with Crippen molar-refractivity contribution in [1.82, 2.24) is 0 Å². The third-order valence-electron chi connectivity index (χ3n) is 2.49. The summed E-state index contributed by atoms with van der Waals surface area (Å²) < 4.78 is 18.4. The van der Waals surface area contributed by atoms with Crippen LogP contribution in [0.5, 0.6) is 5.75 Å². The molecule has 0 amide bonds. The highest BCUT2D eigenvalue weighted by molar-refractivity contribution is 7.80. The summed E-state index contributed by atoms with van der Waals surface area (Å²) in [5.41, 5.74) is 1.28. The van der Waals surface area contributed by atoms with Crippen molar-refractivity contribution < 1.29 is 9.13 Å². The van der Waals surface area contributed by atoms with Gasteiger partial charge in [0.05, 0.1) is 7.11 Å². The van der Waals surface area contributed by atoms with E-state index in [-0.39, 0.29) is 5.75 Å². The normalized spacial score (nSPS) is 9.95. The lowest BCUT2D eigenvalue weighted by molar-refractivity contribution is 0.387. The van der Waals surface area contributed by atoms with E-state index in [9.17, 15) is 4.39 Å². The summed E-state index contributed by atoms with van der Waals surface area (Å²) in [6.45, 7) is 0. The minimum atomic E-state index is -0.456. The van der Waals surface area contributed by atoms with Crippen molar-refractivity contribution in [1.29, 1.82) is 0 Å². The summed E-state index contributed by atoms with van der Waals surface area (Å²) in [6.07, 6.45) is 0. The van der Waals surface area contributed by atoms with Gasteiger partial charge in [0.2, 0.25) is 0 Å². The average molecular weight is 311 g/mol. The van der Waals surface area contributed by atoms with E-state index in [1.54, 1.807) is 24.3 Å². The lowest BCUT2D eigenvalue weighted by atomic mass is 10.3. The van der Waals surface area contributed by atoms with Gasteiger partial charge >= 0.3 is 0 Å². The summed E-state index contributed by atoms with van der Waals surface area (Å²) in [7, 11) is 1.41. The number of nitrogens with one attached hydrogen (secondary N) is 2. The van der Waals surface area contributed by atoms with Crippen LogP contribution in [0.25, 0.3) is 0 Å². The molecule has 0 unspecified atom stereocenters. The van der Waals surface area contributed by atoms with E-state index in [2.05, 4.69) is 10.6 Å². The molecule has 0 aromatic heterocycles. The van der Waals surface area contributed by atoms with Gasteiger partial charge in [-0.05, 0) is 42.5 Å². The Hall–Kier alpha value is -1.85. The van der Waals surface area contributed by atoms with Gasteiger partial charge in [-0.2, -0.15) is 0 Å². The van der Waals surface area contributed by atoms with Crippen molar-refractivity contribution in [2.24, 2.45) is 0 Å². The Kier molecular flexibility index (Phi) is 4.76. The van der Waals surface area contributed by atoms with Gasteiger partial charge in [-0.15, -0.1) is 0 Å². The summed E-state index contributed by atoms with van der Waals surface area (Å²) in [4.78, 5) is 0. The van der Waals surface area contributed by atoms with Gasteiger partial charge in [-0.25, -0.2) is 4.39 Å². The molecular formula is C14H12ClFN2OS. The summed E-state index contributed by atoms with van der Waals surface area (Å²) >= 11 is 11.0. The van der Waals surface area contributed by atoms with Gasteiger partial charge in [0.15, 0.2) is 16.7 Å². The van der Waals surface area contributed by atoms with Crippen molar-refractivity contribution in [3.8, 4) is 5.75 Å². The predicted octanol–water partition coefficient (Wildman–Crippen LogP) is 4.30. The standard InChI is InChI=1S/C14H12ClFN2OS/c1-19-13-6-5-11(8-12(13)16)18-14(20)17-10-4-2-3-9(15)7-10/h2-8H,1H3,(H2,17,18,20). The van der Waals surface area contributed by atoms with Crippen molar-refractivity contribution in [3.63, 3.8) is 0 Å². The third-order valence-corrected chi connectivity index (χ3v) is 2.93. The molecule has 3 nitrogen and oxygen atoms in total. The highest BCUT2D eigenvalue weighted by Gasteiger charge is 2.05. The molecule has 0 atom stereocenters. The SMILES string of the molecule is COc1ccc(NC(=S)Nc2cccc(Cl)c2)cc1F. The molecule has 2 aromatic carbocycles. The number of methoxy groups -OCH3 is 1. The number of hydrogen-bond donors (Lipinski definition) is 2. The average Bonchev–Trinajstić information content (AvgIpc) is 2.38. The number of ether oxygens (including phenoxy) is 1. The summed E-state index contributed by atoms with van der Waals surface area (Å²) in [6, 6.07) is 11.7. The molecule has 0 spiro atoms. The number of halogens is 2. The number of thiocarbonyl (C=S) groups is 1. The highest BCUT2D eigenvalue weighted by Crippen LogP contribution is 2.21. The van der Waals surface area contributed by atoms with Gasteiger partial charge in [0, 0.05) is 22.5 Å². The van der Waals surface area contributed by atoms with Crippen LogP contribution in [-0.2, 0) is 0 Å². The molecule has 0 saturated heterocycles. The fraction of sp³-hybridized carbons (Fsp3) is 0.0714. The van der Waals surface area contributed by atoms with Gasteiger partial charge in [-0.1, -0.05) is 17.7 Å². The minimum Gasteiger partial charge on any atom is -0.494 e. The third kappa shape index (κ3) is 3.82. The first-order valence-corrected chi connectivity index (χ1v) is 6.54. The smallest absolute Gasteiger partial charge is 0.175 e. The number of anilines is 2. The van der Waals surface area contributed by atoms with Gasteiger partial charge in [0.1, 0.15) is 0 Å². The van der Waals surface area contributed by atoms with Crippen LogP contribution in [0.3, 0.4) is 0 Å². The molecule has 2 N–H and O–H groups in total. The van der Waals surface area contributed by atoms with Crippen LogP contribution in [0.4, 0.5) is 15.8 Å². The van der Waals surface area contributed by atoms with E-state index in [1.165, 1.54) is 19.2 Å². The molecule has 0 heterocycles. The molecule has 0 saturated carbocycles.